The predicted octanol–water partition coefficient (Wildman–Crippen LogP) is 5.15. The van der Waals surface area contributed by atoms with Crippen molar-refractivity contribution in [3.8, 4) is 0 Å². The zero-order valence-electron chi connectivity index (χ0n) is 14.7. The fourth-order valence-electron chi connectivity index (χ4n) is 4.21. The standard InChI is InChI=1S/C20H29FN2S/c1-13(22-12-15-9-20(2,21)10-15)18-16-5-3-4-6-17(16)24-19(18)23-11-14-7-8-14/h14-15,22-23H,1,3-12H2,2H3. The van der Waals surface area contributed by atoms with Gasteiger partial charge in [-0.2, -0.15) is 0 Å². The molecule has 0 saturated heterocycles. The third-order valence-corrected chi connectivity index (χ3v) is 7.00. The molecule has 0 atom stereocenters. The van der Waals surface area contributed by atoms with E-state index in [0.717, 1.165) is 24.7 Å². The van der Waals surface area contributed by atoms with Gasteiger partial charge in [-0.1, -0.05) is 6.58 Å². The van der Waals surface area contributed by atoms with Crippen molar-refractivity contribution in [1.82, 2.24) is 5.32 Å². The van der Waals surface area contributed by atoms with E-state index >= 15 is 0 Å². The molecule has 1 aromatic rings. The van der Waals surface area contributed by atoms with Gasteiger partial charge < -0.3 is 10.6 Å². The summed E-state index contributed by atoms with van der Waals surface area (Å²) < 4.78 is 13.7. The van der Waals surface area contributed by atoms with Crippen LogP contribution in [0.1, 0.15) is 61.5 Å². The van der Waals surface area contributed by atoms with Crippen LogP contribution in [-0.4, -0.2) is 18.8 Å². The van der Waals surface area contributed by atoms with Crippen molar-refractivity contribution in [1.29, 1.82) is 0 Å². The molecule has 4 rings (SSSR count). The monoisotopic (exact) mass is 348 g/mol. The Morgan fingerprint density at radius 3 is 2.67 bits per heavy atom. The Morgan fingerprint density at radius 2 is 1.96 bits per heavy atom. The zero-order valence-corrected chi connectivity index (χ0v) is 15.5. The number of thiophene rings is 1. The Kier molecular flexibility index (Phi) is 4.36. The van der Waals surface area contributed by atoms with Crippen LogP contribution in [0.5, 0.6) is 0 Å². The number of alkyl halides is 1. The molecule has 0 spiro atoms. The van der Waals surface area contributed by atoms with Crippen LogP contribution in [-0.2, 0) is 12.8 Å². The van der Waals surface area contributed by atoms with Crippen LogP contribution >= 0.6 is 11.3 Å². The first-order chi connectivity index (χ1) is 11.5. The summed E-state index contributed by atoms with van der Waals surface area (Å²) in [6.45, 7) is 8.00. The number of rotatable bonds is 7. The highest BCUT2D eigenvalue weighted by atomic mass is 32.1. The molecule has 0 bridgehead atoms. The lowest BCUT2D eigenvalue weighted by Crippen LogP contribution is -2.41. The highest BCUT2D eigenvalue weighted by Gasteiger charge is 2.40. The van der Waals surface area contributed by atoms with E-state index in [9.17, 15) is 4.39 Å². The van der Waals surface area contributed by atoms with Gasteiger partial charge in [0.1, 0.15) is 5.67 Å². The summed E-state index contributed by atoms with van der Waals surface area (Å²) in [7, 11) is 0. The minimum Gasteiger partial charge on any atom is -0.385 e. The number of hydrogen-bond donors (Lipinski definition) is 2. The van der Waals surface area contributed by atoms with Gasteiger partial charge in [0.25, 0.3) is 0 Å². The maximum atomic E-state index is 13.7. The normalized spacial score (nSPS) is 28.8. The van der Waals surface area contributed by atoms with Crippen LogP contribution in [0.2, 0.25) is 0 Å². The maximum absolute atomic E-state index is 13.7. The number of fused-ring (bicyclic) bond motifs is 1. The second-order valence-electron chi connectivity index (χ2n) is 8.29. The summed E-state index contributed by atoms with van der Waals surface area (Å²) in [5.74, 6) is 1.32. The molecule has 24 heavy (non-hydrogen) atoms. The molecule has 3 aliphatic carbocycles. The van der Waals surface area contributed by atoms with Gasteiger partial charge in [-0.05, 0) is 75.7 Å². The van der Waals surface area contributed by atoms with Crippen LogP contribution in [0.25, 0.3) is 5.70 Å². The lowest BCUT2D eigenvalue weighted by molar-refractivity contribution is 0.0276. The van der Waals surface area contributed by atoms with Crippen LogP contribution in [0.15, 0.2) is 6.58 Å². The molecule has 1 aromatic heterocycles. The highest BCUT2D eigenvalue weighted by molar-refractivity contribution is 7.16. The van der Waals surface area contributed by atoms with Gasteiger partial charge in [-0.3, -0.25) is 0 Å². The number of hydrogen-bond acceptors (Lipinski definition) is 3. The summed E-state index contributed by atoms with van der Waals surface area (Å²) in [6.07, 6.45) is 9.10. The molecular formula is C20H29FN2S. The van der Waals surface area contributed by atoms with Crippen molar-refractivity contribution >= 4 is 22.0 Å². The molecular weight excluding hydrogens is 319 g/mol. The molecule has 2 nitrogen and oxygen atoms in total. The van der Waals surface area contributed by atoms with Gasteiger partial charge >= 0.3 is 0 Å². The van der Waals surface area contributed by atoms with Crippen molar-refractivity contribution in [3.05, 3.63) is 22.6 Å². The van der Waals surface area contributed by atoms with Crippen molar-refractivity contribution < 1.29 is 4.39 Å². The van der Waals surface area contributed by atoms with Crippen molar-refractivity contribution in [2.45, 2.75) is 64.0 Å². The average Bonchev–Trinajstić information content (AvgIpc) is 3.27. The first kappa shape index (κ1) is 16.4. The first-order valence-electron chi connectivity index (χ1n) is 9.52. The molecule has 1 heterocycles. The third kappa shape index (κ3) is 3.49. The maximum Gasteiger partial charge on any atom is 0.109 e. The largest absolute Gasteiger partial charge is 0.385 e. The van der Waals surface area contributed by atoms with E-state index in [2.05, 4.69) is 17.2 Å². The smallest absolute Gasteiger partial charge is 0.109 e. The summed E-state index contributed by atoms with van der Waals surface area (Å²) in [6, 6.07) is 0. The Labute approximate surface area is 148 Å². The van der Waals surface area contributed by atoms with E-state index in [4.69, 9.17) is 0 Å². The van der Waals surface area contributed by atoms with Gasteiger partial charge in [0, 0.05) is 29.2 Å². The fraction of sp³-hybridized carbons (Fsp3) is 0.700. The third-order valence-electron chi connectivity index (χ3n) is 5.75. The van der Waals surface area contributed by atoms with Gasteiger partial charge in [0.15, 0.2) is 0 Å². The van der Waals surface area contributed by atoms with Crippen molar-refractivity contribution in [3.63, 3.8) is 0 Å². The Morgan fingerprint density at radius 1 is 1.21 bits per heavy atom. The molecule has 3 aliphatic rings. The van der Waals surface area contributed by atoms with E-state index in [0.29, 0.717) is 18.8 Å². The Balaban J connectivity index is 1.45. The van der Waals surface area contributed by atoms with Crippen LogP contribution in [0, 0.1) is 11.8 Å². The molecule has 2 N–H and O–H groups in total. The topological polar surface area (TPSA) is 24.1 Å². The summed E-state index contributed by atoms with van der Waals surface area (Å²) >= 11 is 1.94. The molecule has 0 radical (unpaired) electrons. The van der Waals surface area contributed by atoms with E-state index < -0.39 is 5.67 Å². The number of aryl methyl sites for hydroxylation is 1. The second-order valence-corrected chi connectivity index (χ2v) is 9.39. The lowest BCUT2D eigenvalue weighted by Gasteiger charge is -2.39. The van der Waals surface area contributed by atoms with Crippen molar-refractivity contribution in [2.24, 2.45) is 11.8 Å². The Bertz CT molecular complexity index is 622. The molecule has 4 heteroatoms. The van der Waals surface area contributed by atoms with Gasteiger partial charge in [-0.15, -0.1) is 11.3 Å². The lowest BCUT2D eigenvalue weighted by atomic mass is 9.73. The van der Waals surface area contributed by atoms with E-state index in [-0.39, 0.29) is 0 Å². The number of anilines is 1. The predicted molar refractivity (Wildman–Crippen MR) is 101 cm³/mol. The zero-order chi connectivity index (χ0) is 16.7. The van der Waals surface area contributed by atoms with Crippen molar-refractivity contribution in [2.75, 3.05) is 18.4 Å². The van der Waals surface area contributed by atoms with Gasteiger partial charge in [0.05, 0.1) is 5.00 Å². The summed E-state index contributed by atoms with van der Waals surface area (Å²) in [5.41, 5.74) is 2.95. The highest BCUT2D eigenvalue weighted by Crippen LogP contribution is 2.43. The van der Waals surface area contributed by atoms with Gasteiger partial charge in [-0.25, -0.2) is 4.39 Å². The molecule has 2 saturated carbocycles. The second kappa shape index (κ2) is 6.36. The van der Waals surface area contributed by atoms with Crippen LogP contribution in [0.4, 0.5) is 9.39 Å². The SMILES string of the molecule is C=C(NCC1CC(C)(F)C1)c1c(NCC2CC2)sc2c1CCCC2. The van der Waals surface area contributed by atoms with E-state index in [1.165, 1.54) is 54.7 Å². The molecule has 0 unspecified atom stereocenters. The summed E-state index contributed by atoms with van der Waals surface area (Å²) in [5, 5.41) is 8.54. The minimum atomic E-state index is -0.938. The molecule has 0 aliphatic heterocycles. The fourth-order valence-corrected chi connectivity index (χ4v) is 5.54. The first-order valence-corrected chi connectivity index (χ1v) is 10.3. The molecule has 2 fully saturated rings. The Hall–Kier alpha value is -1.03. The average molecular weight is 349 g/mol. The van der Waals surface area contributed by atoms with Gasteiger partial charge in [0.2, 0.25) is 0 Å². The van der Waals surface area contributed by atoms with Crippen LogP contribution < -0.4 is 10.6 Å². The van der Waals surface area contributed by atoms with Crippen LogP contribution in [0.3, 0.4) is 0 Å². The molecule has 0 aromatic carbocycles. The minimum absolute atomic E-state index is 0.453. The van der Waals surface area contributed by atoms with E-state index in [1.807, 2.05) is 11.3 Å². The molecule has 0 amide bonds. The number of halogens is 1. The number of nitrogens with one attached hydrogen (secondary N) is 2. The van der Waals surface area contributed by atoms with E-state index in [1.54, 1.807) is 11.8 Å². The summed E-state index contributed by atoms with van der Waals surface area (Å²) in [4.78, 5) is 1.55. The molecule has 132 valence electrons. The quantitative estimate of drug-likeness (QED) is 0.712.